The van der Waals surface area contributed by atoms with E-state index in [1.54, 1.807) is 18.5 Å². The average molecular weight is 307 g/mol. The van der Waals surface area contributed by atoms with Crippen LogP contribution in [-0.2, 0) is 4.79 Å². The number of hydrogen-bond donors (Lipinski definition) is 1. The first-order valence-electron chi connectivity index (χ1n) is 6.34. The molecule has 0 aliphatic carbocycles. The number of benzene rings is 1. The number of carbonyl (C=O) groups excluding carboxylic acids is 2. The molecule has 2 rings (SSSR count). The average Bonchev–Trinajstić information content (AvgIpc) is 2.97. The van der Waals surface area contributed by atoms with Crippen LogP contribution in [-0.4, -0.2) is 34.8 Å². The number of hydrogen-bond acceptors (Lipinski definition) is 4. The van der Waals surface area contributed by atoms with Gasteiger partial charge in [-0.2, -0.15) is 0 Å². The van der Waals surface area contributed by atoms with Crippen LogP contribution in [0.15, 0.2) is 35.8 Å². The van der Waals surface area contributed by atoms with Gasteiger partial charge in [0.1, 0.15) is 12.4 Å². The summed E-state index contributed by atoms with van der Waals surface area (Å²) in [7, 11) is 0. The van der Waals surface area contributed by atoms with Crippen LogP contribution in [0, 0.1) is 5.82 Å². The Morgan fingerprint density at radius 3 is 2.62 bits per heavy atom. The summed E-state index contributed by atoms with van der Waals surface area (Å²) in [6.07, 6.45) is 1.58. The van der Waals surface area contributed by atoms with E-state index >= 15 is 0 Å². The minimum Gasteiger partial charge on any atom is -0.330 e. The topological polar surface area (TPSA) is 62.3 Å². The highest BCUT2D eigenvalue weighted by atomic mass is 32.1. The number of nitrogens with one attached hydrogen (secondary N) is 1. The molecule has 0 fully saturated rings. The van der Waals surface area contributed by atoms with Crippen LogP contribution >= 0.6 is 11.3 Å². The third kappa shape index (κ3) is 4.09. The third-order valence-electron chi connectivity index (χ3n) is 2.77. The number of nitrogens with zero attached hydrogens (tertiary/aromatic N) is 2. The minimum absolute atomic E-state index is 0.0771. The van der Waals surface area contributed by atoms with Crippen molar-refractivity contribution in [2.24, 2.45) is 0 Å². The Morgan fingerprint density at radius 2 is 2.05 bits per heavy atom. The van der Waals surface area contributed by atoms with E-state index < -0.39 is 5.82 Å². The molecule has 5 nitrogen and oxygen atoms in total. The number of anilines is 1. The van der Waals surface area contributed by atoms with E-state index in [0.29, 0.717) is 17.2 Å². The number of rotatable bonds is 5. The molecule has 0 bridgehead atoms. The van der Waals surface area contributed by atoms with Crippen LogP contribution in [0.3, 0.4) is 0 Å². The zero-order valence-corrected chi connectivity index (χ0v) is 12.2. The maximum Gasteiger partial charge on any atom is 0.254 e. The summed E-state index contributed by atoms with van der Waals surface area (Å²) in [4.78, 5) is 29.4. The van der Waals surface area contributed by atoms with E-state index in [0.717, 1.165) is 0 Å². The van der Waals surface area contributed by atoms with Crippen molar-refractivity contribution in [1.82, 2.24) is 9.88 Å². The first-order chi connectivity index (χ1) is 10.1. The SMILES string of the molecule is CCN(CC(=O)Nc1nccs1)C(=O)c1ccc(F)cc1. The lowest BCUT2D eigenvalue weighted by molar-refractivity contribution is -0.116. The summed E-state index contributed by atoms with van der Waals surface area (Å²) < 4.78 is 12.9. The van der Waals surface area contributed by atoms with Crippen LogP contribution in [0.1, 0.15) is 17.3 Å². The van der Waals surface area contributed by atoms with Gasteiger partial charge in [-0.3, -0.25) is 9.59 Å². The van der Waals surface area contributed by atoms with Crippen LogP contribution in [0.2, 0.25) is 0 Å². The highest BCUT2D eigenvalue weighted by Gasteiger charge is 2.17. The number of aromatic nitrogens is 1. The Hall–Kier alpha value is -2.28. The van der Waals surface area contributed by atoms with Crippen molar-refractivity contribution in [3.05, 3.63) is 47.2 Å². The van der Waals surface area contributed by atoms with E-state index in [-0.39, 0.29) is 18.4 Å². The summed E-state index contributed by atoms with van der Waals surface area (Å²) in [5.74, 6) is -1.04. The molecule has 0 radical (unpaired) electrons. The van der Waals surface area contributed by atoms with Crippen LogP contribution in [0.5, 0.6) is 0 Å². The predicted octanol–water partition coefficient (Wildman–Crippen LogP) is 2.38. The summed E-state index contributed by atoms with van der Waals surface area (Å²) >= 11 is 1.30. The molecule has 0 saturated carbocycles. The van der Waals surface area contributed by atoms with Crippen LogP contribution < -0.4 is 5.32 Å². The zero-order valence-electron chi connectivity index (χ0n) is 11.4. The van der Waals surface area contributed by atoms with Gasteiger partial charge in [-0.05, 0) is 31.2 Å². The molecule has 0 atom stereocenters. The molecule has 2 aromatic rings. The molecule has 0 saturated heterocycles. The van der Waals surface area contributed by atoms with Gasteiger partial charge < -0.3 is 10.2 Å². The van der Waals surface area contributed by atoms with Gasteiger partial charge in [-0.1, -0.05) is 0 Å². The molecule has 21 heavy (non-hydrogen) atoms. The van der Waals surface area contributed by atoms with Crippen molar-refractivity contribution in [2.45, 2.75) is 6.92 Å². The quantitative estimate of drug-likeness (QED) is 0.922. The fraction of sp³-hybridized carbons (Fsp3) is 0.214. The summed E-state index contributed by atoms with van der Waals surface area (Å²) in [5.41, 5.74) is 0.347. The maximum atomic E-state index is 12.9. The molecule has 0 unspecified atom stereocenters. The van der Waals surface area contributed by atoms with Gasteiger partial charge in [0.05, 0.1) is 0 Å². The number of thiazole rings is 1. The summed E-state index contributed by atoms with van der Waals surface area (Å²) in [6, 6.07) is 5.24. The molecule has 1 aromatic heterocycles. The molecular weight excluding hydrogens is 293 g/mol. The van der Waals surface area contributed by atoms with Crippen molar-refractivity contribution >= 4 is 28.3 Å². The first-order valence-corrected chi connectivity index (χ1v) is 7.22. The Labute approximate surface area is 125 Å². The molecule has 1 aromatic carbocycles. The highest BCUT2D eigenvalue weighted by Crippen LogP contribution is 2.11. The van der Waals surface area contributed by atoms with Crippen molar-refractivity contribution in [2.75, 3.05) is 18.4 Å². The second-order valence-corrected chi connectivity index (χ2v) is 5.11. The number of halogens is 1. The van der Waals surface area contributed by atoms with Gasteiger partial charge >= 0.3 is 0 Å². The van der Waals surface area contributed by atoms with Gasteiger partial charge in [0.2, 0.25) is 5.91 Å². The number of amides is 2. The fourth-order valence-electron chi connectivity index (χ4n) is 1.72. The Balaban J connectivity index is 2.00. The summed E-state index contributed by atoms with van der Waals surface area (Å²) in [6.45, 7) is 2.08. The number of carbonyl (C=O) groups is 2. The van der Waals surface area contributed by atoms with Gasteiger partial charge in [-0.25, -0.2) is 9.37 Å². The maximum absolute atomic E-state index is 12.9. The standard InChI is InChI=1S/C14H14FN3O2S/c1-2-18(9-12(19)17-14-16-7-8-21-14)13(20)10-3-5-11(15)6-4-10/h3-8H,2,9H2,1H3,(H,16,17,19). The van der Waals surface area contributed by atoms with Crippen molar-refractivity contribution in [1.29, 1.82) is 0 Å². The lowest BCUT2D eigenvalue weighted by Crippen LogP contribution is -2.37. The van der Waals surface area contributed by atoms with Crippen molar-refractivity contribution < 1.29 is 14.0 Å². The smallest absolute Gasteiger partial charge is 0.254 e. The predicted molar refractivity (Wildman–Crippen MR) is 78.7 cm³/mol. The number of likely N-dealkylation sites (N-methyl/N-ethyl adjacent to an activating group) is 1. The normalized spacial score (nSPS) is 10.2. The van der Waals surface area contributed by atoms with E-state index in [1.165, 1.54) is 40.5 Å². The molecule has 1 heterocycles. The monoisotopic (exact) mass is 307 g/mol. The van der Waals surface area contributed by atoms with Gasteiger partial charge in [0, 0.05) is 23.7 Å². The molecule has 1 N–H and O–H groups in total. The molecule has 2 amide bonds. The lowest BCUT2D eigenvalue weighted by Gasteiger charge is -2.20. The van der Waals surface area contributed by atoms with E-state index in [9.17, 15) is 14.0 Å². The van der Waals surface area contributed by atoms with Gasteiger partial charge in [0.15, 0.2) is 5.13 Å². The Morgan fingerprint density at radius 1 is 1.33 bits per heavy atom. The Bertz CT molecular complexity index is 614. The van der Waals surface area contributed by atoms with Crippen molar-refractivity contribution in [3.63, 3.8) is 0 Å². The van der Waals surface area contributed by atoms with Crippen LogP contribution in [0.4, 0.5) is 9.52 Å². The second kappa shape index (κ2) is 6.94. The highest BCUT2D eigenvalue weighted by molar-refractivity contribution is 7.13. The lowest BCUT2D eigenvalue weighted by atomic mass is 10.2. The molecular formula is C14H14FN3O2S. The largest absolute Gasteiger partial charge is 0.330 e. The molecule has 0 spiro atoms. The first kappa shape index (κ1) is 15.1. The van der Waals surface area contributed by atoms with Crippen LogP contribution in [0.25, 0.3) is 0 Å². The van der Waals surface area contributed by atoms with E-state index in [2.05, 4.69) is 10.3 Å². The van der Waals surface area contributed by atoms with Crippen molar-refractivity contribution in [3.8, 4) is 0 Å². The molecule has 7 heteroatoms. The van der Waals surface area contributed by atoms with Gasteiger partial charge in [-0.15, -0.1) is 11.3 Å². The Kier molecular flexibility index (Phi) is 4.99. The minimum atomic E-state index is -0.406. The molecule has 0 aliphatic rings. The van der Waals surface area contributed by atoms with E-state index in [4.69, 9.17) is 0 Å². The molecule has 110 valence electrons. The fourth-order valence-corrected chi connectivity index (χ4v) is 2.26. The van der Waals surface area contributed by atoms with Gasteiger partial charge in [0.25, 0.3) is 5.91 Å². The van der Waals surface area contributed by atoms with E-state index in [1.807, 2.05) is 0 Å². The third-order valence-corrected chi connectivity index (χ3v) is 3.46. The second-order valence-electron chi connectivity index (χ2n) is 4.21. The summed E-state index contributed by atoms with van der Waals surface area (Å²) in [5, 5.41) is 4.85. The zero-order chi connectivity index (χ0) is 15.2. The molecule has 0 aliphatic heterocycles.